The summed E-state index contributed by atoms with van der Waals surface area (Å²) in [5.41, 5.74) is 2.20. The molecule has 0 bridgehead atoms. The zero-order valence-corrected chi connectivity index (χ0v) is 20.4. The second-order valence-corrected chi connectivity index (χ2v) is 13.0. The topological polar surface area (TPSA) is 97.1 Å². The van der Waals surface area contributed by atoms with Gasteiger partial charge in [0.05, 0.1) is 29.9 Å². The normalized spacial score (nSPS) is 24.6. The number of hydrogen-bond donors (Lipinski definition) is 0. The van der Waals surface area contributed by atoms with E-state index >= 15 is 0 Å². The van der Waals surface area contributed by atoms with Gasteiger partial charge in [0.2, 0.25) is 0 Å². The third kappa shape index (κ3) is 3.47. The summed E-state index contributed by atoms with van der Waals surface area (Å²) in [6, 6.07) is 5.82. The predicted octanol–water partition coefficient (Wildman–Crippen LogP) is 2.35. The van der Waals surface area contributed by atoms with Crippen LogP contribution < -0.4 is 4.90 Å². The Morgan fingerprint density at radius 3 is 2.66 bits per heavy atom. The summed E-state index contributed by atoms with van der Waals surface area (Å²) >= 11 is 6.34. The molecular formula is C23H23ClFN7O2S. The molecule has 2 aromatic heterocycles. The van der Waals surface area contributed by atoms with E-state index in [-0.39, 0.29) is 34.7 Å². The molecule has 2 saturated heterocycles. The highest BCUT2D eigenvalue weighted by Crippen LogP contribution is 2.56. The SMILES string of the molecule is O=S1(=O)CC(N2Cc3cc(Cl)ccc3-n3c(nnc3C3CC4(C3)CN(c3ncncc3F)C4)C2)C1. The molecule has 1 aliphatic carbocycles. The molecule has 1 aromatic carbocycles. The Morgan fingerprint density at radius 2 is 1.91 bits per heavy atom. The minimum absolute atomic E-state index is 0.0198. The Kier molecular flexibility index (Phi) is 4.60. The molecule has 0 unspecified atom stereocenters. The van der Waals surface area contributed by atoms with Crippen molar-refractivity contribution in [1.82, 2.24) is 29.6 Å². The van der Waals surface area contributed by atoms with Gasteiger partial charge in [-0.05, 0) is 36.6 Å². The zero-order valence-electron chi connectivity index (χ0n) is 18.8. The van der Waals surface area contributed by atoms with E-state index in [2.05, 4.69) is 29.6 Å². The van der Waals surface area contributed by atoms with Crippen molar-refractivity contribution in [1.29, 1.82) is 0 Å². The monoisotopic (exact) mass is 515 g/mol. The highest BCUT2D eigenvalue weighted by atomic mass is 35.5. The maximum atomic E-state index is 14.1. The molecule has 3 fully saturated rings. The first-order chi connectivity index (χ1) is 16.8. The van der Waals surface area contributed by atoms with Crippen LogP contribution in [0.3, 0.4) is 0 Å². The summed E-state index contributed by atoms with van der Waals surface area (Å²) in [6.07, 6.45) is 4.50. The van der Waals surface area contributed by atoms with Crippen molar-refractivity contribution in [3.63, 3.8) is 0 Å². The Morgan fingerprint density at radius 1 is 1.11 bits per heavy atom. The van der Waals surface area contributed by atoms with Crippen LogP contribution in [-0.4, -0.2) is 68.7 Å². The number of benzene rings is 1. The lowest BCUT2D eigenvalue weighted by Gasteiger charge is -2.59. The smallest absolute Gasteiger partial charge is 0.183 e. The van der Waals surface area contributed by atoms with E-state index in [1.54, 1.807) is 0 Å². The molecule has 0 radical (unpaired) electrons. The van der Waals surface area contributed by atoms with E-state index in [1.165, 1.54) is 12.5 Å². The largest absolute Gasteiger partial charge is 0.353 e. The molecule has 9 nitrogen and oxygen atoms in total. The van der Waals surface area contributed by atoms with Gasteiger partial charge in [-0.1, -0.05) is 11.6 Å². The molecule has 5 heterocycles. The highest BCUT2D eigenvalue weighted by molar-refractivity contribution is 7.92. The second kappa shape index (κ2) is 7.44. The van der Waals surface area contributed by atoms with Gasteiger partial charge < -0.3 is 4.90 Å². The Hall–Kier alpha value is -2.63. The van der Waals surface area contributed by atoms with E-state index in [0.717, 1.165) is 48.8 Å². The fourth-order valence-corrected chi connectivity index (χ4v) is 7.89. The molecule has 12 heteroatoms. The molecule has 1 saturated carbocycles. The average Bonchev–Trinajstić information content (AvgIpc) is 3.06. The Bertz CT molecular complexity index is 1440. The van der Waals surface area contributed by atoms with Crippen molar-refractivity contribution >= 4 is 27.3 Å². The first kappa shape index (κ1) is 21.6. The van der Waals surface area contributed by atoms with E-state index in [9.17, 15) is 12.8 Å². The van der Waals surface area contributed by atoms with Crippen LogP contribution >= 0.6 is 11.6 Å². The van der Waals surface area contributed by atoms with Crippen LogP contribution in [0.2, 0.25) is 5.02 Å². The molecule has 0 N–H and O–H groups in total. The number of hydrogen-bond acceptors (Lipinski definition) is 8. The minimum Gasteiger partial charge on any atom is -0.353 e. The summed E-state index contributed by atoms with van der Waals surface area (Å²) in [6.45, 7) is 2.70. The van der Waals surface area contributed by atoms with Crippen LogP contribution in [-0.2, 0) is 22.9 Å². The van der Waals surface area contributed by atoms with Crippen molar-refractivity contribution in [2.45, 2.75) is 37.9 Å². The van der Waals surface area contributed by atoms with Gasteiger partial charge >= 0.3 is 0 Å². The summed E-state index contributed by atoms with van der Waals surface area (Å²) in [5.74, 6) is 2.35. The molecule has 3 aromatic rings. The van der Waals surface area contributed by atoms with Crippen molar-refractivity contribution in [3.05, 3.63) is 58.8 Å². The maximum Gasteiger partial charge on any atom is 0.183 e. The molecule has 3 aliphatic heterocycles. The summed E-state index contributed by atoms with van der Waals surface area (Å²) in [4.78, 5) is 12.0. The fourth-order valence-electron chi connectivity index (χ4n) is 6.20. The van der Waals surface area contributed by atoms with Gasteiger partial charge in [0.25, 0.3) is 0 Å². The lowest BCUT2D eigenvalue weighted by molar-refractivity contribution is 0.0575. The van der Waals surface area contributed by atoms with Crippen molar-refractivity contribution in [3.8, 4) is 5.69 Å². The van der Waals surface area contributed by atoms with Gasteiger partial charge in [-0.15, -0.1) is 10.2 Å². The third-order valence-corrected chi connectivity index (χ3v) is 9.91. The lowest BCUT2D eigenvalue weighted by Crippen LogP contribution is -2.62. The number of halogens is 2. The van der Waals surface area contributed by atoms with Crippen molar-refractivity contribution in [2.24, 2.45) is 5.41 Å². The first-order valence-corrected chi connectivity index (χ1v) is 13.9. The fraction of sp³-hybridized carbons (Fsp3) is 0.478. The van der Waals surface area contributed by atoms with Gasteiger partial charge in [-0.3, -0.25) is 9.47 Å². The van der Waals surface area contributed by atoms with E-state index in [0.29, 0.717) is 23.9 Å². The van der Waals surface area contributed by atoms with Crippen LogP contribution in [0, 0.1) is 11.2 Å². The highest BCUT2D eigenvalue weighted by Gasteiger charge is 2.55. The van der Waals surface area contributed by atoms with Crippen molar-refractivity contribution < 1.29 is 12.8 Å². The Labute approximate surface area is 206 Å². The molecule has 4 aliphatic rings. The van der Waals surface area contributed by atoms with Crippen LogP contribution in [0.25, 0.3) is 5.69 Å². The minimum atomic E-state index is -2.94. The molecule has 1 spiro atoms. The van der Waals surface area contributed by atoms with E-state index < -0.39 is 9.84 Å². The predicted molar refractivity (Wildman–Crippen MR) is 127 cm³/mol. The molecule has 7 rings (SSSR count). The molecule has 182 valence electrons. The van der Waals surface area contributed by atoms with Gasteiger partial charge in [0.1, 0.15) is 12.2 Å². The van der Waals surface area contributed by atoms with Gasteiger partial charge in [0.15, 0.2) is 27.3 Å². The van der Waals surface area contributed by atoms with Crippen LogP contribution in [0.1, 0.15) is 36.0 Å². The van der Waals surface area contributed by atoms with E-state index in [4.69, 9.17) is 11.6 Å². The van der Waals surface area contributed by atoms with Gasteiger partial charge in [-0.25, -0.2) is 22.8 Å². The van der Waals surface area contributed by atoms with Gasteiger partial charge in [-0.2, -0.15) is 0 Å². The average molecular weight is 516 g/mol. The second-order valence-electron chi connectivity index (χ2n) is 10.4. The summed E-state index contributed by atoms with van der Waals surface area (Å²) in [7, 11) is -2.94. The summed E-state index contributed by atoms with van der Waals surface area (Å²) in [5, 5.41) is 9.80. The number of rotatable bonds is 3. The summed E-state index contributed by atoms with van der Waals surface area (Å²) < 4.78 is 39.9. The Balaban J connectivity index is 1.15. The van der Waals surface area contributed by atoms with Crippen LogP contribution in [0.5, 0.6) is 0 Å². The maximum absolute atomic E-state index is 14.1. The number of nitrogens with zero attached hydrogens (tertiary/aromatic N) is 7. The molecular weight excluding hydrogens is 493 g/mol. The quantitative estimate of drug-likeness (QED) is 0.524. The van der Waals surface area contributed by atoms with Crippen LogP contribution in [0.15, 0.2) is 30.7 Å². The van der Waals surface area contributed by atoms with E-state index in [1.807, 2.05) is 23.1 Å². The third-order valence-electron chi connectivity index (χ3n) is 7.89. The van der Waals surface area contributed by atoms with Crippen molar-refractivity contribution in [2.75, 3.05) is 29.5 Å². The molecule has 35 heavy (non-hydrogen) atoms. The zero-order chi connectivity index (χ0) is 23.9. The molecule has 0 amide bonds. The van der Waals surface area contributed by atoms with Crippen LogP contribution in [0.4, 0.5) is 10.2 Å². The number of fused-ring (bicyclic) bond motifs is 3. The first-order valence-electron chi connectivity index (χ1n) is 11.7. The number of sulfone groups is 1. The lowest BCUT2D eigenvalue weighted by atomic mass is 9.57. The molecule has 0 atom stereocenters. The number of aromatic nitrogens is 5. The van der Waals surface area contributed by atoms with Gasteiger partial charge in [0, 0.05) is 42.0 Å². The number of anilines is 1. The standard InChI is InChI=1S/C23H23ClFN7O2S/c24-16-1-2-19-14(3-16)7-30(17-9-35(33,34)10-17)8-20-28-29-21(32(19)20)15-4-23(5-15)11-31(12-23)22-18(25)6-26-13-27-22/h1-3,6,13,15,17H,4-5,7-12H2.